The van der Waals surface area contributed by atoms with Crippen LogP contribution in [-0.4, -0.2) is 46.9 Å². The van der Waals surface area contributed by atoms with E-state index in [-0.39, 0.29) is 24.9 Å². The van der Waals surface area contributed by atoms with Crippen molar-refractivity contribution in [2.45, 2.75) is 334 Å². The van der Waals surface area contributed by atoms with Gasteiger partial charge in [-0.15, -0.1) is 0 Å². The largest absolute Gasteiger partial charge is 0.462 e. The molecule has 6 nitrogen and oxygen atoms in total. The summed E-state index contributed by atoms with van der Waals surface area (Å²) in [5, 5.41) is 23.9. The Morgan fingerprint density at radius 3 is 1.18 bits per heavy atom. The Bertz CT molecular complexity index is 1100. The van der Waals surface area contributed by atoms with E-state index >= 15 is 0 Å². The number of hydrogen-bond donors (Lipinski definition) is 3. The molecule has 0 saturated heterocycles. The molecular weight excluding hydrogens is 827 g/mol. The molecule has 3 atom stereocenters. The summed E-state index contributed by atoms with van der Waals surface area (Å²) in [6.45, 7) is 6.49. The smallest absolute Gasteiger partial charge is 0.306 e. The second-order valence-electron chi connectivity index (χ2n) is 20.4. The van der Waals surface area contributed by atoms with Gasteiger partial charge >= 0.3 is 5.97 Å². The fourth-order valence-electron chi connectivity index (χ4n) is 9.16. The van der Waals surface area contributed by atoms with Crippen molar-refractivity contribution in [1.29, 1.82) is 0 Å². The number of unbranched alkanes of at least 4 members (excludes halogenated alkanes) is 36. The van der Waals surface area contributed by atoms with Gasteiger partial charge in [0.1, 0.15) is 6.10 Å². The Kier molecular flexibility index (Phi) is 53.4. The van der Waals surface area contributed by atoms with Gasteiger partial charge in [0.25, 0.3) is 0 Å². The number of amides is 1. The van der Waals surface area contributed by atoms with Gasteiger partial charge in [-0.2, -0.15) is 0 Å². The summed E-state index contributed by atoms with van der Waals surface area (Å²) in [6, 6.07) is -0.703. The first-order valence-corrected chi connectivity index (χ1v) is 29.7. The molecule has 0 saturated carbocycles. The summed E-state index contributed by atoms with van der Waals surface area (Å²) in [5.74, 6) is -0.471. The maximum absolute atomic E-state index is 13.3. The Morgan fingerprint density at radius 2 is 0.761 bits per heavy atom. The van der Waals surface area contributed by atoms with Gasteiger partial charge in [0, 0.05) is 6.42 Å². The van der Waals surface area contributed by atoms with Crippen molar-refractivity contribution >= 4 is 11.9 Å². The lowest BCUT2D eigenvalue weighted by Gasteiger charge is -2.24. The SMILES string of the molecule is CCCCC/C=C\C/C=C\CCCCCCCCCCCC(=O)OC(CCCCCCC/C=C/CCCCCCCC)CC(=O)NC(CO)C(O)CCCCCCCCCCCCCCCC. The molecule has 0 aromatic carbocycles. The molecule has 3 unspecified atom stereocenters. The summed E-state index contributed by atoms with van der Waals surface area (Å²) < 4.78 is 5.97. The van der Waals surface area contributed by atoms with Crippen LogP contribution in [0.4, 0.5) is 0 Å². The van der Waals surface area contributed by atoms with Crippen molar-refractivity contribution in [1.82, 2.24) is 5.32 Å². The van der Waals surface area contributed by atoms with Crippen LogP contribution in [0.1, 0.15) is 316 Å². The van der Waals surface area contributed by atoms with E-state index in [1.54, 1.807) is 0 Å². The Morgan fingerprint density at radius 1 is 0.433 bits per heavy atom. The number of esters is 1. The molecule has 1 amide bonds. The first-order chi connectivity index (χ1) is 33.0. The van der Waals surface area contributed by atoms with Gasteiger partial charge < -0.3 is 20.3 Å². The van der Waals surface area contributed by atoms with Crippen LogP contribution in [0.15, 0.2) is 36.5 Å². The van der Waals surface area contributed by atoms with Gasteiger partial charge in [0.15, 0.2) is 0 Å². The highest BCUT2D eigenvalue weighted by Crippen LogP contribution is 2.18. The molecule has 0 aliphatic heterocycles. The van der Waals surface area contributed by atoms with Crippen LogP contribution in [0.3, 0.4) is 0 Å². The normalized spacial score (nSPS) is 13.3. The molecule has 0 aliphatic carbocycles. The first-order valence-electron chi connectivity index (χ1n) is 29.7. The van der Waals surface area contributed by atoms with E-state index in [9.17, 15) is 19.8 Å². The van der Waals surface area contributed by atoms with Crippen molar-refractivity contribution in [2.75, 3.05) is 6.61 Å². The number of aliphatic hydroxyl groups excluding tert-OH is 2. The molecule has 3 N–H and O–H groups in total. The number of ether oxygens (including phenoxy) is 1. The third kappa shape index (κ3) is 50.3. The average molecular weight is 943 g/mol. The fourth-order valence-corrected chi connectivity index (χ4v) is 9.16. The van der Waals surface area contributed by atoms with E-state index < -0.39 is 18.2 Å². The van der Waals surface area contributed by atoms with E-state index in [2.05, 4.69) is 62.5 Å². The number of hydrogen-bond acceptors (Lipinski definition) is 5. The molecule has 67 heavy (non-hydrogen) atoms. The summed E-state index contributed by atoms with van der Waals surface area (Å²) >= 11 is 0. The summed E-state index contributed by atoms with van der Waals surface area (Å²) in [5.41, 5.74) is 0. The van der Waals surface area contributed by atoms with Crippen LogP contribution >= 0.6 is 0 Å². The Labute approximate surface area is 417 Å². The first kappa shape index (κ1) is 65.1. The van der Waals surface area contributed by atoms with Crippen LogP contribution in [0.2, 0.25) is 0 Å². The molecular formula is C61H115NO5. The van der Waals surface area contributed by atoms with Gasteiger partial charge in [-0.05, 0) is 83.5 Å². The topological polar surface area (TPSA) is 95.9 Å². The molecule has 0 radical (unpaired) electrons. The molecule has 0 aromatic rings. The minimum Gasteiger partial charge on any atom is -0.462 e. The lowest BCUT2D eigenvalue weighted by molar-refractivity contribution is -0.151. The zero-order chi connectivity index (χ0) is 48.8. The number of nitrogens with one attached hydrogen (secondary N) is 1. The van der Waals surface area contributed by atoms with Gasteiger partial charge in [-0.25, -0.2) is 0 Å². The van der Waals surface area contributed by atoms with Gasteiger partial charge in [0.2, 0.25) is 5.91 Å². The highest BCUT2D eigenvalue weighted by atomic mass is 16.5. The predicted molar refractivity (Wildman–Crippen MR) is 292 cm³/mol. The predicted octanol–water partition coefficient (Wildman–Crippen LogP) is 18.4. The standard InChI is InChI=1S/C61H115NO5/c1-4-7-10-13-16-19-22-25-28-29-30-31-33-36-39-42-45-48-51-54-61(66)67-57(52-49-46-43-40-37-34-32-26-23-20-17-14-11-8-5-2)55-60(65)62-58(56-63)59(64)53-50-47-44-41-38-35-27-24-21-18-15-12-9-6-3/h16,19,25-26,28,32,57-59,63-64H,4-15,17-18,20-24,27,29-31,33-56H2,1-3H3,(H,62,65)/b19-16-,28-25-,32-26+. The molecule has 0 heterocycles. The van der Waals surface area contributed by atoms with Crippen LogP contribution in [-0.2, 0) is 14.3 Å². The molecule has 0 spiro atoms. The zero-order valence-electron chi connectivity index (χ0n) is 45.0. The van der Waals surface area contributed by atoms with E-state index in [1.807, 2.05) is 0 Å². The maximum Gasteiger partial charge on any atom is 0.306 e. The van der Waals surface area contributed by atoms with Crippen LogP contribution in [0, 0.1) is 0 Å². The van der Waals surface area contributed by atoms with Gasteiger partial charge in [-0.1, -0.05) is 256 Å². The molecule has 6 heteroatoms. The number of allylic oxidation sites excluding steroid dienone is 6. The fraction of sp³-hybridized carbons (Fsp3) is 0.869. The lowest BCUT2D eigenvalue weighted by atomic mass is 10.0. The van der Waals surface area contributed by atoms with Crippen LogP contribution in [0.5, 0.6) is 0 Å². The Balaban J connectivity index is 4.53. The summed E-state index contributed by atoms with van der Waals surface area (Å²) in [6.07, 6.45) is 66.4. The molecule has 0 rings (SSSR count). The number of carbonyl (C=O) groups is 2. The summed E-state index contributed by atoms with van der Waals surface area (Å²) in [4.78, 5) is 26.3. The minimum absolute atomic E-state index is 0.0735. The van der Waals surface area contributed by atoms with E-state index in [0.717, 1.165) is 64.2 Å². The van der Waals surface area contributed by atoms with Crippen molar-refractivity contribution in [3.8, 4) is 0 Å². The van der Waals surface area contributed by atoms with Crippen molar-refractivity contribution in [2.24, 2.45) is 0 Å². The van der Waals surface area contributed by atoms with E-state index in [0.29, 0.717) is 19.3 Å². The monoisotopic (exact) mass is 942 g/mol. The molecule has 0 bridgehead atoms. The van der Waals surface area contributed by atoms with Crippen LogP contribution < -0.4 is 5.32 Å². The minimum atomic E-state index is -0.789. The third-order valence-electron chi connectivity index (χ3n) is 13.7. The second kappa shape index (κ2) is 55.0. The van der Waals surface area contributed by atoms with Crippen LogP contribution in [0.25, 0.3) is 0 Å². The number of carbonyl (C=O) groups excluding carboxylic acids is 2. The maximum atomic E-state index is 13.3. The third-order valence-corrected chi connectivity index (χ3v) is 13.7. The molecule has 0 aliphatic rings. The zero-order valence-corrected chi connectivity index (χ0v) is 45.0. The van der Waals surface area contributed by atoms with Crippen molar-refractivity contribution < 1.29 is 24.5 Å². The number of rotatable bonds is 54. The molecule has 394 valence electrons. The van der Waals surface area contributed by atoms with E-state index in [4.69, 9.17) is 4.74 Å². The van der Waals surface area contributed by atoms with Gasteiger partial charge in [0.05, 0.1) is 25.2 Å². The van der Waals surface area contributed by atoms with Crippen molar-refractivity contribution in [3.05, 3.63) is 36.5 Å². The van der Waals surface area contributed by atoms with Crippen molar-refractivity contribution in [3.63, 3.8) is 0 Å². The lowest BCUT2D eigenvalue weighted by Crippen LogP contribution is -2.46. The van der Waals surface area contributed by atoms with E-state index in [1.165, 1.54) is 205 Å². The highest BCUT2D eigenvalue weighted by molar-refractivity contribution is 5.77. The second-order valence-corrected chi connectivity index (χ2v) is 20.4. The molecule has 0 fully saturated rings. The summed E-state index contributed by atoms with van der Waals surface area (Å²) in [7, 11) is 0. The Hall–Kier alpha value is -1.92. The number of aliphatic hydroxyl groups is 2. The molecule has 0 aromatic heterocycles. The average Bonchev–Trinajstić information content (AvgIpc) is 3.32. The van der Waals surface area contributed by atoms with Gasteiger partial charge in [-0.3, -0.25) is 9.59 Å². The highest BCUT2D eigenvalue weighted by Gasteiger charge is 2.24. The quantitative estimate of drug-likeness (QED) is 0.0321.